The van der Waals surface area contributed by atoms with Crippen molar-refractivity contribution in [2.24, 2.45) is 0 Å². The molecular weight excluding hydrogens is 184 g/mol. The maximum Gasteiger partial charge on any atom is 0.159 e. The van der Waals surface area contributed by atoms with E-state index in [1.807, 2.05) is 18.2 Å². The first-order valence-corrected chi connectivity index (χ1v) is 5.14. The van der Waals surface area contributed by atoms with Gasteiger partial charge in [0.15, 0.2) is 5.78 Å². The summed E-state index contributed by atoms with van der Waals surface area (Å²) < 4.78 is 0. The lowest BCUT2D eigenvalue weighted by Crippen LogP contribution is -1.92. The Bertz CT molecular complexity index is 451. The molecule has 2 bridgehead atoms. The van der Waals surface area contributed by atoms with Crippen LogP contribution in [0.25, 0.3) is 0 Å². The molecular formula is C14H14O. The predicted octanol–water partition coefficient (Wildman–Crippen LogP) is 3.27. The minimum absolute atomic E-state index is 0.125. The van der Waals surface area contributed by atoms with Gasteiger partial charge in [0, 0.05) is 5.57 Å². The number of rotatable bonds is 1. The smallest absolute Gasteiger partial charge is 0.159 e. The minimum atomic E-state index is 0.125. The SMILES string of the molecule is CC(=O)C1=CC=C2C=C(C)C=CC(=C1)C2. The number of Topliss-reactive ketones (excluding diaryl/α,β-unsaturated/α-hetero) is 1. The van der Waals surface area contributed by atoms with Crippen LogP contribution in [0.4, 0.5) is 0 Å². The molecule has 0 amide bonds. The molecule has 0 spiro atoms. The van der Waals surface area contributed by atoms with E-state index in [4.69, 9.17) is 0 Å². The topological polar surface area (TPSA) is 17.1 Å². The molecule has 0 heterocycles. The molecule has 0 N–H and O–H groups in total. The molecule has 2 rings (SSSR count). The van der Waals surface area contributed by atoms with Crippen LogP contribution in [0.15, 0.2) is 58.7 Å². The van der Waals surface area contributed by atoms with Gasteiger partial charge in [0.2, 0.25) is 0 Å². The lowest BCUT2D eigenvalue weighted by atomic mass is 10.1. The second-order valence-corrected chi connectivity index (χ2v) is 4.04. The van der Waals surface area contributed by atoms with Gasteiger partial charge in [-0.05, 0) is 37.5 Å². The van der Waals surface area contributed by atoms with Crippen LogP contribution in [0, 0.1) is 0 Å². The monoisotopic (exact) mass is 198 g/mol. The summed E-state index contributed by atoms with van der Waals surface area (Å²) in [4.78, 5) is 11.3. The van der Waals surface area contributed by atoms with Crippen LogP contribution in [0.1, 0.15) is 20.3 Å². The average Bonchev–Trinajstić information content (AvgIpc) is 2.47. The highest BCUT2D eigenvalue weighted by Gasteiger charge is 2.08. The molecule has 2 aliphatic rings. The van der Waals surface area contributed by atoms with Gasteiger partial charge in [0.05, 0.1) is 0 Å². The Balaban J connectivity index is 2.49. The zero-order valence-corrected chi connectivity index (χ0v) is 9.08. The number of carbonyl (C=O) groups excluding carboxylic acids is 1. The Hall–Kier alpha value is -1.63. The first-order valence-electron chi connectivity index (χ1n) is 5.14. The normalized spacial score (nSPS) is 19.3. The van der Waals surface area contributed by atoms with E-state index in [1.54, 1.807) is 6.92 Å². The van der Waals surface area contributed by atoms with Crippen LogP contribution in [0.2, 0.25) is 0 Å². The predicted molar refractivity (Wildman–Crippen MR) is 62.4 cm³/mol. The molecule has 1 heteroatoms. The highest BCUT2D eigenvalue weighted by atomic mass is 16.1. The van der Waals surface area contributed by atoms with Gasteiger partial charge in [0.1, 0.15) is 0 Å². The summed E-state index contributed by atoms with van der Waals surface area (Å²) in [5, 5.41) is 0. The van der Waals surface area contributed by atoms with Gasteiger partial charge in [-0.15, -0.1) is 0 Å². The van der Waals surface area contributed by atoms with Crippen molar-refractivity contribution in [2.45, 2.75) is 20.3 Å². The largest absolute Gasteiger partial charge is 0.295 e. The zero-order chi connectivity index (χ0) is 10.8. The summed E-state index contributed by atoms with van der Waals surface area (Å²) in [5.74, 6) is 0.125. The Morgan fingerprint density at radius 3 is 2.67 bits per heavy atom. The molecule has 0 aromatic heterocycles. The highest BCUT2D eigenvalue weighted by Crippen LogP contribution is 2.24. The standard InChI is InChI=1S/C14H14O/c1-10-3-4-13-8-12(7-10)5-6-14(9-13)11(2)15/h3-7,9H,8H2,1-2H3. The molecule has 0 saturated carbocycles. The third-order valence-corrected chi connectivity index (χ3v) is 2.61. The second-order valence-electron chi connectivity index (χ2n) is 4.04. The van der Waals surface area contributed by atoms with Crippen LogP contribution in [0.5, 0.6) is 0 Å². The van der Waals surface area contributed by atoms with Crippen LogP contribution in [-0.2, 0) is 4.79 Å². The van der Waals surface area contributed by atoms with Crippen LogP contribution in [0.3, 0.4) is 0 Å². The minimum Gasteiger partial charge on any atom is -0.295 e. The van der Waals surface area contributed by atoms with Crippen LogP contribution < -0.4 is 0 Å². The lowest BCUT2D eigenvalue weighted by Gasteiger charge is -1.98. The average molecular weight is 198 g/mol. The van der Waals surface area contributed by atoms with Gasteiger partial charge in [0.25, 0.3) is 0 Å². The summed E-state index contributed by atoms with van der Waals surface area (Å²) in [7, 11) is 0. The van der Waals surface area contributed by atoms with Gasteiger partial charge in [-0.3, -0.25) is 4.79 Å². The van der Waals surface area contributed by atoms with Gasteiger partial charge in [-0.2, -0.15) is 0 Å². The van der Waals surface area contributed by atoms with E-state index < -0.39 is 0 Å². The van der Waals surface area contributed by atoms with E-state index in [1.165, 1.54) is 16.7 Å². The summed E-state index contributed by atoms with van der Waals surface area (Å²) in [6.45, 7) is 3.69. The molecule has 2 aliphatic carbocycles. The number of fused-ring (bicyclic) bond motifs is 2. The molecule has 0 fully saturated rings. The number of hydrogen-bond acceptors (Lipinski definition) is 1. The quantitative estimate of drug-likeness (QED) is 0.632. The maximum atomic E-state index is 11.3. The lowest BCUT2D eigenvalue weighted by molar-refractivity contribution is -0.113. The fraction of sp³-hybridized carbons (Fsp3) is 0.214. The van der Waals surface area contributed by atoms with Crippen molar-refractivity contribution >= 4 is 5.78 Å². The molecule has 0 radical (unpaired) electrons. The second kappa shape index (κ2) is 3.85. The molecule has 0 atom stereocenters. The summed E-state index contributed by atoms with van der Waals surface area (Å²) in [5.41, 5.74) is 4.51. The van der Waals surface area contributed by atoms with Crippen LogP contribution >= 0.6 is 0 Å². The zero-order valence-electron chi connectivity index (χ0n) is 9.08. The molecule has 0 saturated heterocycles. The van der Waals surface area contributed by atoms with Crippen molar-refractivity contribution in [2.75, 3.05) is 0 Å². The van der Waals surface area contributed by atoms with Crippen molar-refractivity contribution < 1.29 is 4.79 Å². The molecule has 0 aromatic carbocycles. The summed E-state index contributed by atoms with van der Waals surface area (Å²) in [6.07, 6.45) is 13.2. The fourth-order valence-corrected chi connectivity index (χ4v) is 1.79. The van der Waals surface area contributed by atoms with Crippen molar-refractivity contribution in [3.05, 3.63) is 58.7 Å². The van der Waals surface area contributed by atoms with Crippen molar-refractivity contribution in [1.82, 2.24) is 0 Å². The number of allylic oxidation sites excluding steroid dienone is 10. The number of hydrogen-bond donors (Lipinski definition) is 0. The fourth-order valence-electron chi connectivity index (χ4n) is 1.79. The molecule has 0 aliphatic heterocycles. The molecule has 76 valence electrons. The van der Waals surface area contributed by atoms with E-state index in [2.05, 4.69) is 25.2 Å². The van der Waals surface area contributed by atoms with Gasteiger partial charge < -0.3 is 0 Å². The summed E-state index contributed by atoms with van der Waals surface area (Å²) >= 11 is 0. The van der Waals surface area contributed by atoms with E-state index >= 15 is 0 Å². The van der Waals surface area contributed by atoms with E-state index in [9.17, 15) is 4.79 Å². The van der Waals surface area contributed by atoms with Crippen molar-refractivity contribution in [1.29, 1.82) is 0 Å². The highest BCUT2D eigenvalue weighted by molar-refractivity contribution is 5.96. The van der Waals surface area contributed by atoms with E-state index in [0.717, 1.165) is 12.0 Å². The Kier molecular flexibility index (Phi) is 2.55. The number of ketones is 1. The first kappa shape index (κ1) is 9.91. The molecule has 0 aromatic rings. The molecule has 0 unspecified atom stereocenters. The third kappa shape index (κ3) is 2.24. The summed E-state index contributed by atoms with van der Waals surface area (Å²) in [6, 6.07) is 0. The van der Waals surface area contributed by atoms with Gasteiger partial charge >= 0.3 is 0 Å². The Morgan fingerprint density at radius 1 is 1.13 bits per heavy atom. The van der Waals surface area contributed by atoms with Crippen LogP contribution in [-0.4, -0.2) is 5.78 Å². The number of carbonyl (C=O) groups is 1. The van der Waals surface area contributed by atoms with Gasteiger partial charge in [-0.25, -0.2) is 0 Å². The van der Waals surface area contributed by atoms with Gasteiger partial charge in [-0.1, -0.05) is 36.0 Å². The Labute approximate surface area is 90.2 Å². The maximum absolute atomic E-state index is 11.3. The van der Waals surface area contributed by atoms with Crippen molar-refractivity contribution in [3.8, 4) is 0 Å². The van der Waals surface area contributed by atoms with E-state index in [-0.39, 0.29) is 5.78 Å². The first-order chi connectivity index (χ1) is 7.15. The third-order valence-electron chi connectivity index (χ3n) is 2.61. The van der Waals surface area contributed by atoms with Crippen molar-refractivity contribution in [3.63, 3.8) is 0 Å². The van der Waals surface area contributed by atoms with E-state index in [0.29, 0.717) is 0 Å². The molecule has 1 nitrogen and oxygen atoms in total. The molecule has 15 heavy (non-hydrogen) atoms. The Morgan fingerprint density at radius 2 is 1.93 bits per heavy atom.